The standard InChI is InChI=1S/C16H23NO/c1-18-16-8-3-2-7-15(16)17-14-10-9-12-5-4-6-13(12)11-14/h9-11,15-17H,2-8H2,1H3. The highest BCUT2D eigenvalue weighted by atomic mass is 16.5. The summed E-state index contributed by atoms with van der Waals surface area (Å²) >= 11 is 0. The van der Waals surface area contributed by atoms with Gasteiger partial charge in [0.15, 0.2) is 0 Å². The van der Waals surface area contributed by atoms with Crippen LogP contribution < -0.4 is 5.32 Å². The fourth-order valence-electron chi connectivity index (χ4n) is 3.42. The van der Waals surface area contributed by atoms with E-state index in [9.17, 15) is 0 Å². The van der Waals surface area contributed by atoms with Crippen LogP contribution in [-0.4, -0.2) is 19.3 Å². The van der Waals surface area contributed by atoms with Gasteiger partial charge in [-0.3, -0.25) is 0 Å². The van der Waals surface area contributed by atoms with Crippen LogP contribution in [0.3, 0.4) is 0 Å². The second-order valence-electron chi connectivity index (χ2n) is 5.65. The summed E-state index contributed by atoms with van der Waals surface area (Å²) in [6.07, 6.45) is 9.27. The smallest absolute Gasteiger partial charge is 0.0772 e. The number of fused-ring (bicyclic) bond motifs is 1. The van der Waals surface area contributed by atoms with Crippen LogP contribution in [0.5, 0.6) is 0 Å². The summed E-state index contributed by atoms with van der Waals surface area (Å²) in [4.78, 5) is 0. The van der Waals surface area contributed by atoms with Gasteiger partial charge in [0.25, 0.3) is 0 Å². The Morgan fingerprint density at radius 1 is 1.06 bits per heavy atom. The molecule has 1 N–H and O–H groups in total. The van der Waals surface area contributed by atoms with Crippen LogP contribution in [-0.2, 0) is 17.6 Å². The molecule has 0 aromatic heterocycles. The lowest BCUT2D eigenvalue weighted by molar-refractivity contribution is 0.0606. The maximum Gasteiger partial charge on any atom is 0.0772 e. The molecule has 98 valence electrons. The zero-order valence-electron chi connectivity index (χ0n) is 11.2. The van der Waals surface area contributed by atoms with Gasteiger partial charge < -0.3 is 10.1 Å². The third kappa shape index (κ3) is 2.39. The molecule has 1 fully saturated rings. The first-order valence-corrected chi connectivity index (χ1v) is 7.28. The van der Waals surface area contributed by atoms with Gasteiger partial charge in [0.1, 0.15) is 0 Å². The largest absolute Gasteiger partial charge is 0.380 e. The lowest BCUT2D eigenvalue weighted by Gasteiger charge is -2.32. The maximum atomic E-state index is 5.61. The van der Waals surface area contributed by atoms with Gasteiger partial charge in [-0.25, -0.2) is 0 Å². The Morgan fingerprint density at radius 3 is 2.78 bits per heavy atom. The Kier molecular flexibility index (Phi) is 3.55. The zero-order valence-corrected chi connectivity index (χ0v) is 11.2. The number of nitrogens with one attached hydrogen (secondary N) is 1. The molecule has 2 heteroatoms. The van der Waals surface area contributed by atoms with E-state index in [1.54, 1.807) is 11.1 Å². The average Bonchev–Trinajstić information content (AvgIpc) is 2.87. The van der Waals surface area contributed by atoms with E-state index < -0.39 is 0 Å². The van der Waals surface area contributed by atoms with Gasteiger partial charge in [0.2, 0.25) is 0 Å². The molecule has 0 heterocycles. The summed E-state index contributed by atoms with van der Waals surface area (Å²) in [6, 6.07) is 7.38. The van der Waals surface area contributed by atoms with Crippen molar-refractivity contribution in [2.75, 3.05) is 12.4 Å². The topological polar surface area (TPSA) is 21.3 Å². The molecule has 2 aliphatic carbocycles. The summed E-state index contributed by atoms with van der Waals surface area (Å²) in [5.74, 6) is 0. The highest BCUT2D eigenvalue weighted by molar-refractivity contribution is 5.50. The van der Waals surface area contributed by atoms with Crippen molar-refractivity contribution in [2.45, 2.75) is 57.1 Å². The zero-order chi connectivity index (χ0) is 12.4. The number of benzene rings is 1. The second kappa shape index (κ2) is 5.31. The summed E-state index contributed by atoms with van der Waals surface area (Å²) in [5.41, 5.74) is 4.38. The predicted molar refractivity (Wildman–Crippen MR) is 75.1 cm³/mol. The molecule has 1 aromatic rings. The number of hydrogen-bond acceptors (Lipinski definition) is 2. The van der Waals surface area contributed by atoms with Crippen molar-refractivity contribution in [3.63, 3.8) is 0 Å². The van der Waals surface area contributed by atoms with E-state index in [1.165, 1.54) is 50.6 Å². The van der Waals surface area contributed by atoms with E-state index in [1.807, 2.05) is 7.11 Å². The van der Waals surface area contributed by atoms with Crippen LogP contribution in [0.4, 0.5) is 5.69 Å². The van der Waals surface area contributed by atoms with Crippen LogP contribution in [0.25, 0.3) is 0 Å². The number of methoxy groups -OCH3 is 1. The molecule has 0 amide bonds. The van der Waals surface area contributed by atoms with E-state index in [2.05, 4.69) is 23.5 Å². The van der Waals surface area contributed by atoms with Crippen molar-refractivity contribution < 1.29 is 4.74 Å². The molecule has 2 unspecified atom stereocenters. The van der Waals surface area contributed by atoms with Gasteiger partial charge in [0, 0.05) is 12.8 Å². The average molecular weight is 245 g/mol. The third-order valence-electron chi connectivity index (χ3n) is 4.46. The van der Waals surface area contributed by atoms with Crippen molar-refractivity contribution in [1.29, 1.82) is 0 Å². The summed E-state index contributed by atoms with van der Waals surface area (Å²) in [5, 5.41) is 3.69. The van der Waals surface area contributed by atoms with Crippen LogP contribution in [0, 0.1) is 0 Å². The minimum Gasteiger partial charge on any atom is -0.380 e. The fourth-order valence-corrected chi connectivity index (χ4v) is 3.42. The minimum absolute atomic E-state index is 0.381. The van der Waals surface area contributed by atoms with Gasteiger partial charge in [-0.1, -0.05) is 18.9 Å². The van der Waals surface area contributed by atoms with Gasteiger partial charge in [-0.2, -0.15) is 0 Å². The first-order valence-electron chi connectivity index (χ1n) is 7.28. The van der Waals surface area contributed by atoms with Crippen molar-refractivity contribution in [1.82, 2.24) is 0 Å². The van der Waals surface area contributed by atoms with E-state index >= 15 is 0 Å². The van der Waals surface area contributed by atoms with Crippen molar-refractivity contribution >= 4 is 5.69 Å². The normalized spacial score (nSPS) is 26.9. The van der Waals surface area contributed by atoms with E-state index in [0.717, 1.165) is 0 Å². The van der Waals surface area contributed by atoms with Crippen molar-refractivity contribution in [3.8, 4) is 0 Å². The highest BCUT2D eigenvalue weighted by Gasteiger charge is 2.24. The number of aryl methyl sites for hydroxylation is 2. The van der Waals surface area contributed by atoms with Gasteiger partial charge in [-0.15, -0.1) is 0 Å². The molecule has 2 atom stereocenters. The third-order valence-corrected chi connectivity index (χ3v) is 4.46. The molecule has 3 rings (SSSR count). The highest BCUT2D eigenvalue weighted by Crippen LogP contribution is 2.28. The first kappa shape index (κ1) is 12.0. The Morgan fingerprint density at radius 2 is 1.89 bits per heavy atom. The number of ether oxygens (including phenoxy) is 1. The molecule has 2 nitrogen and oxygen atoms in total. The van der Waals surface area contributed by atoms with Crippen LogP contribution >= 0.6 is 0 Å². The lowest BCUT2D eigenvalue weighted by Crippen LogP contribution is -2.37. The number of hydrogen-bond donors (Lipinski definition) is 1. The predicted octanol–water partition coefficient (Wildman–Crippen LogP) is 3.54. The first-order chi connectivity index (χ1) is 8.86. The molecular formula is C16H23NO. The molecule has 0 spiro atoms. The molecule has 1 aromatic carbocycles. The monoisotopic (exact) mass is 245 g/mol. The van der Waals surface area contributed by atoms with Gasteiger partial charge >= 0.3 is 0 Å². The molecule has 0 aliphatic heterocycles. The van der Waals surface area contributed by atoms with E-state index in [-0.39, 0.29) is 0 Å². The molecule has 0 bridgehead atoms. The summed E-state index contributed by atoms with van der Waals surface area (Å²) in [6.45, 7) is 0. The van der Waals surface area contributed by atoms with Crippen LogP contribution in [0.2, 0.25) is 0 Å². The molecule has 1 saturated carbocycles. The second-order valence-corrected chi connectivity index (χ2v) is 5.65. The van der Waals surface area contributed by atoms with E-state index in [0.29, 0.717) is 12.1 Å². The molecule has 0 saturated heterocycles. The minimum atomic E-state index is 0.381. The Labute approximate surface area is 110 Å². The van der Waals surface area contributed by atoms with E-state index in [4.69, 9.17) is 4.74 Å². The number of rotatable bonds is 3. The lowest BCUT2D eigenvalue weighted by atomic mass is 9.92. The SMILES string of the molecule is COC1CCCCC1Nc1ccc2c(c1)CCC2. The van der Waals surface area contributed by atoms with Crippen LogP contribution in [0.1, 0.15) is 43.2 Å². The molecule has 0 radical (unpaired) electrons. The number of anilines is 1. The van der Waals surface area contributed by atoms with Crippen molar-refractivity contribution in [2.24, 2.45) is 0 Å². The molecule has 2 aliphatic rings. The summed E-state index contributed by atoms with van der Waals surface area (Å²) in [7, 11) is 1.84. The van der Waals surface area contributed by atoms with Crippen molar-refractivity contribution in [3.05, 3.63) is 29.3 Å². The molecule has 18 heavy (non-hydrogen) atoms. The Bertz CT molecular complexity index is 416. The Hall–Kier alpha value is -1.02. The maximum absolute atomic E-state index is 5.61. The molecular weight excluding hydrogens is 222 g/mol. The summed E-state index contributed by atoms with van der Waals surface area (Å²) < 4.78 is 5.61. The van der Waals surface area contributed by atoms with Crippen LogP contribution in [0.15, 0.2) is 18.2 Å². The fraction of sp³-hybridized carbons (Fsp3) is 0.625. The van der Waals surface area contributed by atoms with Gasteiger partial charge in [-0.05, 0) is 55.4 Å². The van der Waals surface area contributed by atoms with Gasteiger partial charge in [0.05, 0.1) is 12.1 Å². The quantitative estimate of drug-likeness (QED) is 0.879. The Balaban J connectivity index is 1.71.